The van der Waals surface area contributed by atoms with E-state index in [-0.39, 0.29) is 5.76 Å². The highest BCUT2D eigenvalue weighted by Gasteiger charge is 2.53. The van der Waals surface area contributed by atoms with Crippen LogP contribution in [0.1, 0.15) is 6.42 Å². The third-order valence-corrected chi connectivity index (χ3v) is 6.56. The molecular weight excluding hydrogens is 320 g/mol. The zero-order valence-electron chi connectivity index (χ0n) is 10.6. The van der Waals surface area contributed by atoms with E-state index >= 15 is 0 Å². The molecule has 114 valence electrons. The van der Waals surface area contributed by atoms with Gasteiger partial charge in [-0.1, -0.05) is 18.2 Å². The highest BCUT2D eigenvalue weighted by atomic mass is 32.3. The lowest BCUT2D eigenvalue weighted by atomic mass is 10.1. The summed E-state index contributed by atoms with van der Waals surface area (Å²) in [6, 6.07) is 8.54. The lowest BCUT2D eigenvalue weighted by molar-refractivity contribution is 0.422. The van der Waals surface area contributed by atoms with E-state index in [0.29, 0.717) is 11.8 Å². The molecule has 0 heterocycles. The molecule has 2 N–H and O–H groups in total. The zero-order chi connectivity index (χ0) is 15.7. The van der Waals surface area contributed by atoms with Crippen LogP contribution in [-0.2, 0) is 20.2 Å². The van der Waals surface area contributed by atoms with Gasteiger partial charge in [0.1, 0.15) is 11.5 Å². The lowest BCUT2D eigenvalue weighted by Crippen LogP contribution is -2.44. The van der Waals surface area contributed by atoms with E-state index in [4.69, 9.17) is 13.8 Å². The van der Waals surface area contributed by atoms with Crippen molar-refractivity contribution in [1.82, 2.24) is 0 Å². The summed E-state index contributed by atoms with van der Waals surface area (Å²) in [6.45, 7) is 0. The molecule has 0 saturated heterocycles. The van der Waals surface area contributed by atoms with Crippen molar-refractivity contribution in [3.05, 3.63) is 54.3 Å². The van der Waals surface area contributed by atoms with Crippen LogP contribution in [0.2, 0.25) is 0 Å². The standard InChI is InChI=1S/C12H12O7S2/c13-20(14,15)12(21(16,17)18)8-6-11(7-9-12)19-10-4-2-1-3-5-10/h1-8H,9H2,(H,13,14,15)(H,16,17,18). The van der Waals surface area contributed by atoms with Crippen LogP contribution in [-0.4, -0.2) is 30.0 Å². The van der Waals surface area contributed by atoms with Crippen LogP contribution in [0, 0.1) is 0 Å². The average molecular weight is 332 g/mol. The largest absolute Gasteiger partial charge is 0.458 e. The van der Waals surface area contributed by atoms with Gasteiger partial charge in [0.2, 0.25) is 4.08 Å². The molecule has 0 spiro atoms. The first-order valence-electron chi connectivity index (χ1n) is 5.72. The molecule has 1 aliphatic rings. The zero-order valence-corrected chi connectivity index (χ0v) is 12.2. The fourth-order valence-corrected chi connectivity index (χ4v) is 3.94. The molecule has 7 nitrogen and oxygen atoms in total. The van der Waals surface area contributed by atoms with Crippen LogP contribution in [0.3, 0.4) is 0 Å². The molecule has 0 unspecified atom stereocenters. The number of hydrogen-bond acceptors (Lipinski definition) is 5. The Balaban J connectivity index is 2.31. The van der Waals surface area contributed by atoms with Gasteiger partial charge < -0.3 is 4.74 Å². The summed E-state index contributed by atoms with van der Waals surface area (Å²) < 4.78 is 66.1. The van der Waals surface area contributed by atoms with E-state index in [1.54, 1.807) is 30.3 Å². The van der Waals surface area contributed by atoms with E-state index in [0.717, 1.165) is 12.2 Å². The Morgan fingerprint density at radius 1 is 1.00 bits per heavy atom. The predicted molar refractivity (Wildman–Crippen MR) is 74.7 cm³/mol. The van der Waals surface area contributed by atoms with Crippen LogP contribution in [0.25, 0.3) is 0 Å². The first-order chi connectivity index (χ1) is 9.66. The maximum atomic E-state index is 11.3. The summed E-state index contributed by atoms with van der Waals surface area (Å²) in [5.41, 5.74) is 0. The molecule has 0 aromatic heterocycles. The van der Waals surface area contributed by atoms with Gasteiger partial charge in [-0.2, -0.15) is 16.8 Å². The summed E-state index contributed by atoms with van der Waals surface area (Å²) in [5.74, 6) is 0.670. The number of para-hydroxylation sites is 1. The maximum absolute atomic E-state index is 11.3. The molecule has 1 aliphatic carbocycles. The fraction of sp³-hybridized carbons (Fsp3) is 0.167. The van der Waals surface area contributed by atoms with Crippen molar-refractivity contribution in [3.63, 3.8) is 0 Å². The summed E-state index contributed by atoms with van der Waals surface area (Å²) in [7, 11) is -10.1. The van der Waals surface area contributed by atoms with Crippen LogP contribution >= 0.6 is 0 Å². The van der Waals surface area contributed by atoms with Crippen molar-refractivity contribution in [2.45, 2.75) is 10.5 Å². The minimum Gasteiger partial charge on any atom is -0.458 e. The summed E-state index contributed by atoms with van der Waals surface area (Å²) in [4.78, 5) is 0. The van der Waals surface area contributed by atoms with E-state index in [1.165, 1.54) is 0 Å². The van der Waals surface area contributed by atoms with Gasteiger partial charge in [-0.25, -0.2) is 0 Å². The van der Waals surface area contributed by atoms with Gasteiger partial charge in [0.05, 0.1) is 0 Å². The smallest absolute Gasteiger partial charge is 0.291 e. The Morgan fingerprint density at radius 3 is 2.00 bits per heavy atom. The highest BCUT2D eigenvalue weighted by molar-refractivity contribution is 8.05. The second kappa shape index (κ2) is 5.26. The quantitative estimate of drug-likeness (QED) is 0.800. The predicted octanol–water partition coefficient (Wildman–Crippen LogP) is 1.38. The Kier molecular flexibility index (Phi) is 3.93. The molecule has 0 fully saturated rings. The molecule has 1 aromatic carbocycles. The lowest BCUT2D eigenvalue weighted by Gasteiger charge is -2.25. The van der Waals surface area contributed by atoms with Gasteiger partial charge in [-0.3, -0.25) is 9.11 Å². The van der Waals surface area contributed by atoms with Crippen molar-refractivity contribution in [2.24, 2.45) is 0 Å². The van der Waals surface area contributed by atoms with Crippen molar-refractivity contribution in [2.75, 3.05) is 0 Å². The third kappa shape index (κ3) is 3.00. The number of benzene rings is 1. The maximum Gasteiger partial charge on any atom is 0.291 e. The van der Waals surface area contributed by atoms with Crippen molar-refractivity contribution < 1.29 is 30.7 Å². The first kappa shape index (κ1) is 15.7. The van der Waals surface area contributed by atoms with Crippen molar-refractivity contribution >= 4 is 20.2 Å². The van der Waals surface area contributed by atoms with E-state index in [9.17, 15) is 16.8 Å². The molecule has 0 amide bonds. The highest BCUT2D eigenvalue weighted by Crippen LogP contribution is 2.34. The number of allylic oxidation sites excluding steroid dienone is 2. The second-order valence-electron chi connectivity index (χ2n) is 4.32. The number of rotatable bonds is 4. The molecule has 0 radical (unpaired) electrons. The first-order valence-corrected chi connectivity index (χ1v) is 8.60. The Morgan fingerprint density at radius 2 is 1.57 bits per heavy atom. The molecule has 1 aromatic rings. The van der Waals surface area contributed by atoms with Crippen LogP contribution in [0.15, 0.2) is 54.3 Å². The van der Waals surface area contributed by atoms with Gasteiger partial charge in [-0.15, -0.1) is 0 Å². The minimum absolute atomic E-state index is 0.198. The number of hydrogen-bond donors (Lipinski definition) is 2. The Hall–Kier alpha value is -1.68. The summed E-state index contributed by atoms with van der Waals surface area (Å²) in [5, 5.41) is 0. The van der Waals surface area contributed by atoms with Crippen LogP contribution < -0.4 is 4.74 Å². The Bertz CT molecular complexity index is 757. The van der Waals surface area contributed by atoms with Gasteiger partial charge in [-0.05, 0) is 30.4 Å². The molecule has 2 rings (SSSR count). The van der Waals surface area contributed by atoms with E-state index < -0.39 is 30.7 Å². The van der Waals surface area contributed by atoms with Crippen molar-refractivity contribution in [3.8, 4) is 5.75 Å². The normalized spacial score (nSPS) is 18.1. The molecular formula is C12H12O7S2. The molecule has 9 heteroatoms. The molecule has 0 aliphatic heterocycles. The van der Waals surface area contributed by atoms with Crippen LogP contribution in [0.5, 0.6) is 5.75 Å². The monoisotopic (exact) mass is 332 g/mol. The average Bonchev–Trinajstić information content (AvgIpc) is 2.38. The van der Waals surface area contributed by atoms with Crippen molar-refractivity contribution in [1.29, 1.82) is 0 Å². The SMILES string of the molecule is O=S(=O)(O)C1(S(=O)(=O)O)C=CC(Oc2ccccc2)=CC1. The fourth-order valence-electron chi connectivity index (χ4n) is 1.80. The molecule has 0 atom stereocenters. The van der Waals surface area contributed by atoms with Crippen LogP contribution in [0.4, 0.5) is 0 Å². The molecule has 21 heavy (non-hydrogen) atoms. The molecule has 0 bridgehead atoms. The van der Waals surface area contributed by atoms with Gasteiger partial charge in [0.25, 0.3) is 20.2 Å². The van der Waals surface area contributed by atoms with Gasteiger partial charge in [0.15, 0.2) is 0 Å². The second-order valence-corrected chi connectivity index (χ2v) is 7.94. The summed E-state index contributed by atoms with van der Waals surface area (Å²) in [6.07, 6.45) is 2.26. The Labute approximate surface area is 122 Å². The van der Waals surface area contributed by atoms with E-state index in [1.807, 2.05) is 0 Å². The minimum atomic E-state index is -5.07. The third-order valence-electron chi connectivity index (χ3n) is 2.94. The summed E-state index contributed by atoms with van der Waals surface area (Å²) >= 11 is 0. The van der Waals surface area contributed by atoms with Gasteiger partial charge in [0, 0.05) is 6.42 Å². The number of ether oxygens (including phenoxy) is 1. The molecule has 0 saturated carbocycles. The van der Waals surface area contributed by atoms with Gasteiger partial charge >= 0.3 is 0 Å². The van der Waals surface area contributed by atoms with E-state index in [2.05, 4.69) is 0 Å². The topological polar surface area (TPSA) is 118 Å².